The summed E-state index contributed by atoms with van der Waals surface area (Å²) in [5, 5.41) is 16.0. The van der Waals surface area contributed by atoms with E-state index < -0.39 is 0 Å². The number of nitrogens with zero attached hydrogens (tertiary/aromatic N) is 1. The molecule has 0 saturated carbocycles. The number of aromatic hydroxyl groups is 1. The number of rotatable bonds is 3. The highest BCUT2D eigenvalue weighted by atomic mass is 32.1. The number of nitrogens with two attached hydrogens (primary N) is 1. The van der Waals surface area contributed by atoms with Gasteiger partial charge in [-0.25, -0.2) is 0 Å². The van der Waals surface area contributed by atoms with Gasteiger partial charge in [-0.15, -0.1) is 11.3 Å². The Labute approximate surface area is 129 Å². The van der Waals surface area contributed by atoms with Crippen LogP contribution in [0.2, 0.25) is 0 Å². The van der Waals surface area contributed by atoms with Crippen LogP contribution in [-0.2, 0) is 0 Å². The standard InChI is InChI=1S/C16H21N3OS/c1-11-4-5-12(17)16(20)14(11)15(13-3-2-10-21-13)19-8-6-18-7-9-19/h2-5,10,15,18,20H,6-9,17H2,1H3/t15-/m0/s1. The molecule has 1 aliphatic rings. The lowest BCUT2D eigenvalue weighted by Crippen LogP contribution is -2.45. The minimum Gasteiger partial charge on any atom is -0.505 e. The Hall–Kier alpha value is -1.56. The molecule has 4 nitrogen and oxygen atoms in total. The van der Waals surface area contributed by atoms with E-state index in [9.17, 15) is 5.11 Å². The molecule has 1 atom stereocenters. The van der Waals surface area contributed by atoms with Gasteiger partial charge in [0, 0.05) is 36.6 Å². The molecule has 3 rings (SSSR count). The van der Waals surface area contributed by atoms with Crippen molar-refractivity contribution in [2.75, 3.05) is 31.9 Å². The summed E-state index contributed by atoms with van der Waals surface area (Å²) < 4.78 is 0. The Bertz CT molecular complexity index is 606. The lowest BCUT2D eigenvalue weighted by Gasteiger charge is -2.35. The molecule has 112 valence electrons. The zero-order valence-corrected chi connectivity index (χ0v) is 13.0. The van der Waals surface area contributed by atoms with Gasteiger partial charge >= 0.3 is 0 Å². The number of thiophene rings is 1. The predicted molar refractivity (Wildman–Crippen MR) is 87.9 cm³/mol. The van der Waals surface area contributed by atoms with Crippen molar-refractivity contribution in [1.82, 2.24) is 10.2 Å². The van der Waals surface area contributed by atoms with Crippen LogP contribution in [0.4, 0.5) is 5.69 Å². The molecule has 1 aromatic heterocycles. The van der Waals surface area contributed by atoms with E-state index in [1.807, 2.05) is 13.0 Å². The van der Waals surface area contributed by atoms with Crippen LogP contribution in [0.1, 0.15) is 22.0 Å². The number of nitrogens with one attached hydrogen (secondary N) is 1. The van der Waals surface area contributed by atoms with Crippen molar-refractivity contribution in [3.8, 4) is 5.75 Å². The van der Waals surface area contributed by atoms with E-state index in [0.29, 0.717) is 5.69 Å². The van der Waals surface area contributed by atoms with E-state index in [-0.39, 0.29) is 11.8 Å². The quantitative estimate of drug-likeness (QED) is 0.602. The molecule has 4 N–H and O–H groups in total. The van der Waals surface area contributed by atoms with Gasteiger partial charge in [-0.3, -0.25) is 4.90 Å². The van der Waals surface area contributed by atoms with E-state index in [0.717, 1.165) is 37.3 Å². The van der Waals surface area contributed by atoms with Crippen LogP contribution in [0, 0.1) is 6.92 Å². The number of hydrogen-bond donors (Lipinski definition) is 3. The topological polar surface area (TPSA) is 61.5 Å². The Morgan fingerprint density at radius 3 is 2.71 bits per heavy atom. The van der Waals surface area contributed by atoms with Gasteiger partial charge in [0.05, 0.1) is 11.7 Å². The van der Waals surface area contributed by atoms with Gasteiger partial charge in [0.2, 0.25) is 0 Å². The van der Waals surface area contributed by atoms with Crippen molar-refractivity contribution in [2.24, 2.45) is 0 Å². The normalized spacial score (nSPS) is 17.8. The lowest BCUT2D eigenvalue weighted by molar-refractivity contribution is 0.197. The van der Waals surface area contributed by atoms with Crippen LogP contribution in [0.15, 0.2) is 29.6 Å². The Balaban J connectivity index is 2.09. The maximum absolute atomic E-state index is 10.5. The van der Waals surface area contributed by atoms with Gasteiger partial charge in [0.25, 0.3) is 0 Å². The first-order chi connectivity index (χ1) is 10.2. The number of aryl methyl sites for hydroxylation is 1. The van der Waals surface area contributed by atoms with Crippen molar-refractivity contribution in [3.05, 3.63) is 45.6 Å². The van der Waals surface area contributed by atoms with Gasteiger partial charge in [0.15, 0.2) is 0 Å². The molecule has 1 fully saturated rings. The van der Waals surface area contributed by atoms with Crippen LogP contribution < -0.4 is 11.1 Å². The second-order valence-electron chi connectivity index (χ2n) is 5.44. The second-order valence-corrected chi connectivity index (χ2v) is 6.42. The van der Waals surface area contributed by atoms with Crippen LogP contribution in [0.3, 0.4) is 0 Å². The monoisotopic (exact) mass is 303 g/mol. The van der Waals surface area contributed by atoms with Crippen LogP contribution in [0.5, 0.6) is 5.75 Å². The highest BCUT2D eigenvalue weighted by Gasteiger charge is 2.28. The van der Waals surface area contributed by atoms with E-state index in [4.69, 9.17) is 5.73 Å². The summed E-state index contributed by atoms with van der Waals surface area (Å²) in [6.07, 6.45) is 0. The highest BCUT2D eigenvalue weighted by molar-refractivity contribution is 7.10. The van der Waals surface area contributed by atoms with E-state index in [2.05, 4.69) is 27.7 Å². The number of nitrogen functional groups attached to an aromatic ring is 1. The lowest BCUT2D eigenvalue weighted by atomic mass is 9.96. The summed E-state index contributed by atoms with van der Waals surface area (Å²) in [6.45, 7) is 5.93. The van der Waals surface area contributed by atoms with E-state index >= 15 is 0 Å². The Morgan fingerprint density at radius 2 is 2.05 bits per heavy atom. The third kappa shape index (κ3) is 2.77. The molecule has 0 aliphatic carbocycles. The minimum absolute atomic E-state index is 0.0793. The third-order valence-corrected chi connectivity index (χ3v) is 4.99. The number of phenols is 1. The molecule has 2 heterocycles. The molecule has 1 aliphatic heterocycles. The molecule has 1 aromatic carbocycles. The fraction of sp³-hybridized carbons (Fsp3) is 0.375. The smallest absolute Gasteiger partial charge is 0.143 e. The van der Waals surface area contributed by atoms with Crippen LogP contribution >= 0.6 is 11.3 Å². The fourth-order valence-electron chi connectivity index (χ4n) is 2.96. The molecule has 0 bridgehead atoms. The number of phenolic OH excluding ortho intramolecular Hbond substituents is 1. The fourth-order valence-corrected chi connectivity index (χ4v) is 3.83. The largest absolute Gasteiger partial charge is 0.505 e. The average Bonchev–Trinajstić information content (AvgIpc) is 3.02. The minimum atomic E-state index is 0.0793. The predicted octanol–water partition coefficient (Wildman–Crippen LogP) is 2.34. The molecule has 0 unspecified atom stereocenters. The number of benzene rings is 1. The molecule has 1 saturated heterocycles. The first kappa shape index (κ1) is 14.4. The zero-order valence-electron chi connectivity index (χ0n) is 12.2. The van der Waals surface area contributed by atoms with Gasteiger partial charge in [0.1, 0.15) is 5.75 Å². The van der Waals surface area contributed by atoms with Gasteiger partial charge in [-0.2, -0.15) is 0 Å². The van der Waals surface area contributed by atoms with Crippen molar-refractivity contribution in [2.45, 2.75) is 13.0 Å². The molecule has 2 aromatic rings. The summed E-state index contributed by atoms with van der Waals surface area (Å²) in [5.41, 5.74) is 8.41. The average molecular weight is 303 g/mol. The summed E-state index contributed by atoms with van der Waals surface area (Å²) in [4.78, 5) is 3.67. The van der Waals surface area contributed by atoms with Crippen LogP contribution in [0.25, 0.3) is 0 Å². The maximum Gasteiger partial charge on any atom is 0.143 e. The third-order valence-electron chi connectivity index (χ3n) is 4.07. The molecular formula is C16H21N3OS. The first-order valence-electron chi connectivity index (χ1n) is 7.24. The molecule has 21 heavy (non-hydrogen) atoms. The highest BCUT2D eigenvalue weighted by Crippen LogP contribution is 2.40. The summed E-state index contributed by atoms with van der Waals surface area (Å²) in [5.74, 6) is 0.229. The second kappa shape index (κ2) is 6.05. The van der Waals surface area contributed by atoms with Crippen molar-refractivity contribution < 1.29 is 5.11 Å². The summed E-state index contributed by atoms with van der Waals surface area (Å²) in [7, 11) is 0. The van der Waals surface area contributed by atoms with Crippen molar-refractivity contribution >= 4 is 17.0 Å². The summed E-state index contributed by atoms with van der Waals surface area (Å²) in [6, 6.07) is 8.05. The molecule has 5 heteroatoms. The number of hydrogen-bond acceptors (Lipinski definition) is 5. The molecule has 0 radical (unpaired) electrons. The molecule has 0 spiro atoms. The van der Waals surface area contributed by atoms with Gasteiger partial charge < -0.3 is 16.2 Å². The molecular weight excluding hydrogens is 282 g/mol. The number of anilines is 1. The SMILES string of the molecule is Cc1ccc(N)c(O)c1[C@H](c1cccs1)N1CCNCC1. The molecule has 0 amide bonds. The first-order valence-corrected chi connectivity index (χ1v) is 8.12. The maximum atomic E-state index is 10.5. The van der Waals surface area contributed by atoms with Crippen molar-refractivity contribution in [3.63, 3.8) is 0 Å². The van der Waals surface area contributed by atoms with E-state index in [1.54, 1.807) is 17.4 Å². The van der Waals surface area contributed by atoms with E-state index in [1.165, 1.54) is 4.88 Å². The Morgan fingerprint density at radius 1 is 1.29 bits per heavy atom. The number of piperazine rings is 1. The van der Waals surface area contributed by atoms with Crippen LogP contribution in [-0.4, -0.2) is 36.2 Å². The Kier molecular flexibility index (Phi) is 4.14. The summed E-state index contributed by atoms with van der Waals surface area (Å²) >= 11 is 1.73. The van der Waals surface area contributed by atoms with Gasteiger partial charge in [-0.05, 0) is 30.0 Å². The zero-order chi connectivity index (χ0) is 14.8. The van der Waals surface area contributed by atoms with Gasteiger partial charge in [-0.1, -0.05) is 12.1 Å². The van der Waals surface area contributed by atoms with Crippen molar-refractivity contribution in [1.29, 1.82) is 0 Å².